The number of imidazole rings is 2. The quantitative estimate of drug-likeness (QED) is 0.0728. The summed E-state index contributed by atoms with van der Waals surface area (Å²) < 4.78 is 16.1. The molecule has 318 valence electrons. The Balaban J connectivity index is 0.852. The molecule has 60 heavy (non-hydrogen) atoms. The first-order chi connectivity index (χ1) is 29.3. The van der Waals surface area contributed by atoms with Crippen LogP contribution < -0.4 is 20.7 Å². The van der Waals surface area contributed by atoms with Crippen LogP contribution in [0, 0.1) is 11.8 Å². The van der Waals surface area contributed by atoms with Crippen LogP contribution in [-0.4, -0.2) is 88.2 Å². The number of nitrogens with zero attached hydrogens (tertiary/aromatic N) is 3. The zero-order valence-electron chi connectivity index (χ0n) is 34.5. The average Bonchev–Trinajstić information content (AvgIpc) is 4.13. The number of hydrogen-bond donors (Lipinski definition) is 5. The lowest BCUT2D eigenvalue weighted by Gasteiger charge is -2.31. The zero-order valence-corrected chi connectivity index (χ0v) is 34.5. The number of carbonyl (C=O) groups is 4. The molecule has 4 heterocycles. The zero-order chi connectivity index (χ0) is 41.6. The van der Waals surface area contributed by atoms with Crippen LogP contribution in [0.3, 0.4) is 0 Å². The van der Waals surface area contributed by atoms with E-state index in [4.69, 9.17) is 19.2 Å². The predicted molar refractivity (Wildman–Crippen MR) is 223 cm³/mol. The van der Waals surface area contributed by atoms with Crippen molar-refractivity contribution in [3.8, 4) is 34.0 Å². The number of rotatable bonds is 14. The lowest BCUT2D eigenvalue weighted by molar-refractivity contribution is -0.135. The highest BCUT2D eigenvalue weighted by Crippen LogP contribution is 2.41. The molecule has 3 fully saturated rings. The second kappa shape index (κ2) is 18.6. The number of aromatic nitrogens is 4. The SMILES string of the molecule is COC(=O)N[C@H](C(=O)NCCCCc1ncc(-c2ccc3c(c2)Oc2ccc(-c4cnc([C@@H]5CCCN5C(=O)[C@@H](NC(=O)OC)C5CCCC5)[nH]4)cc2C3)[nH]1)C1CCCC1. The Morgan fingerprint density at radius 3 is 2.18 bits per heavy atom. The van der Waals surface area contributed by atoms with Crippen LogP contribution in [0.2, 0.25) is 0 Å². The standard InChI is InChI=1S/C45H56N8O7/c1-58-44(56)51-39(27-10-3-4-11-27)42(54)46-20-8-7-15-38-47-25-33(49-38)30-16-17-31-23-32-22-29(18-19-36(32)60-37(31)24-30)34-26-48-41(50-34)35-14-9-21-53(35)43(55)40(52-45(57)59-2)28-12-5-6-13-28/h16-19,22,24-28,35,39-40H,3-15,20-21,23H2,1-2H3,(H,46,54)(H,47,49)(H,48,50)(H,51,56)(H,52,57)/t35-,39-,40-/m0/s1. The highest BCUT2D eigenvalue weighted by molar-refractivity contribution is 5.87. The molecule has 2 saturated carbocycles. The van der Waals surface area contributed by atoms with Gasteiger partial charge in [-0.15, -0.1) is 0 Å². The monoisotopic (exact) mass is 820 g/mol. The second-order valence-electron chi connectivity index (χ2n) is 16.6. The first kappa shape index (κ1) is 40.9. The fourth-order valence-corrected chi connectivity index (χ4v) is 9.52. The Labute approximate surface area is 350 Å². The number of unbranched alkanes of at least 4 members (excludes halogenated alkanes) is 1. The molecule has 4 amide bonds. The van der Waals surface area contributed by atoms with E-state index in [1.54, 1.807) is 0 Å². The van der Waals surface area contributed by atoms with Crippen molar-refractivity contribution in [2.45, 2.75) is 108 Å². The van der Waals surface area contributed by atoms with Gasteiger partial charge in [-0.3, -0.25) is 9.59 Å². The highest BCUT2D eigenvalue weighted by atomic mass is 16.5. The Bertz CT molecular complexity index is 2170. The molecule has 0 spiro atoms. The third-order valence-electron chi connectivity index (χ3n) is 12.8. The Morgan fingerprint density at radius 1 is 0.767 bits per heavy atom. The summed E-state index contributed by atoms with van der Waals surface area (Å²) in [7, 11) is 2.64. The molecular formula is C45H56N8O7. The van der Waals surface area contributed by atoms with Gasteiger partial charge in [-0.2, -0.15) is 0 Å². The number of likely N-dealkylation sites (tertiary alicyclic amines) is 1. The van der Waals surface area contributed by atoms with Crippen LogP contribution >= 0.6 is 0 Å². The maximum Gasteiger partial charge on any atom is 0.407 e. The fraction of sp³-hybridized carbons (Fsp3) is 0.511. The van der Waals surface area contributed by atoms with E-state index in [9.17, 15) is 19.2 Å². The van der Waals surface area contributed by atoms with Crippen molar-refractivity contribution in [1.29, 1.82) is 0 Å². The van der Waals surface area contributed by atoms with Gasteiger partial charge in [0, 0.05) is 37.1 Å². The third-order valence-corrected chi connectivity index (χ3v) is 12.8. The van der Waals surface area contributed by atoms with Crippen molar-refractivity contribution in [2.75, 3.05) is 27.3 Å². The summed E-state index contributed by atoms with van der Waals surface area (Å²) in [5.41, 5.74) is 5.91. The molecule has 15 heteroatoms. The molecule has 3 atom stereocenters. The molecule has 4 aromatic rings. The molecule has 2 aromatic carbocycles. The van der Waals surface area contributed by atoms with Crippen LogP contribution in [0.25, 0.3) is 22.5 Å². The molecule has 0 bridgehead atoms. The summed E-state index contributed by atoms with van der Waals surface area (Å²) in [6, 6.07) is 11.0. The number of fused-ring (bicyclic) bond motifs is 2. The Kier molecular flexibility index (Phi) is 12.7. The summed E-state index contributed by atoms with van der Waals surface area (Å²) in [4.78, 5) is 69.2. The van der Waals surface area contributed by atoms with Gasteiger partial charge in [-0.05, 0) is 98.6 Å². The van der Waals surface area contributed by atoms with E-state index in [1.165, 1.54) is 14.2 Å². The van der Waals surface area contributed by atoms with Crippen LogP contribution in [-0.2, 0) is 31.9 Å². The maximum atomic E-state index is 13.9. The van der Waals surface area contributed by atoms with E-state index in [1.807, 2.05) is 29.4 Å². The maximum absolute atomic E-state index is 13.9. The average molecular weight is 821 g/mol. The predicted octanol–water partition coefficient (Wildman–Crippen LogP) is 7.10. The van der Waals surface area contributed by atoms with Crippen LogP contribution in [0.15, 0.2) is 48.8 Å². The fourth-order valence-electron chi connectivity index (χ4n) is 9.52. The highest BCUT2D eigenvalue weighted by Gasteiger charge is 2.40. The summed E-state index contributed by atoms with van der Waals surface area (Å²) in [5.74, 6) is 3.26. The van der Waals surface area contributed by atoms with Gasteiger partial charge >= 0.3 is 12.2 Å². The number of aryl methyl sites for hydroxylation is 1. The molecule has 5 N–H and O–H groups in total. The molecule has 8 rings (SSSR count). The Morgan fingerprint density at radius 2 is 1.43 bits per heavy atom. The van der Waals surface area contributed by atoms with E-state index in [0.29, 0.717) is 19.5 Å². The number of benzene rings is 2. The van der Waals surface area contributed by atoms with Gasteiger partial charge in [0.05, 0.1) is 44.0 Å². The first-order valence-electron chi connectivity index (χ1n) is 21.6. The number of carbonyl (C=O) groups excluding carboxylic acids is 4. The van der Waals surface area contributed by atoms with E-state index in [-0.39, 0.29) is 29.7 Å². The van der Waals surface area contributed by atoms with Crippen molar-refractivity contribution in [3.63, 3.8) is 0 Å². The number of alkyl carbamates (subject to hydrolysis) is 2. The van der Waals surface area contributed by atoms with Crippen molar-refractivity contribution in [2.24, 2.45) is 11.8 Å². The molecule has 2 aliphatic heterocycles. The topological polar surface area (TPSA) is 193 Å². The number of amides is 4. The van der Waals surface area contributed by atoms with Gasteiger partial charge in [0.1, 0.15) is 35.2 Å². The summed E-state index contributed by atoms with van der Waals surface area (Å²) in [6.07, 6.45) is 15.2. The van der Waals surface area contributed by atoms with E-state index in [0.717, 1.165) is 140 Å². The number of ether oxygens (including phenoxy) is 3. The number of H-pyrrole nitrogens is 2. The van der Waals surface area contributed by atoms with Crippen LogP contribution in [0.4, 0.5) is 9.59 Å². The minimum atomic E-state index is -0.601. The third kappa shape index (κ3) is 9.14. The van der Waals surface area contributed by atoms with E-state index in [2.05, 4.69) is 55.2 Å². The molecule has 15 nitrogen and oxygen atoms in total. The molecule has 0 radical (unpaired) electrons. The van der Waals surface area contributed by atoms with Crippen LogP contribution in [0.5, 0.6) is 11.5 Å². The molecule has 2 aromatic heterocycles. The molecule has 1 saturated heterocycles. The van der Waals surface area contributed by atoms with Crippen molar-refractivity contribution in [1.82, 2.24) is 40.8 Å². The van der Waals surface area contributed by atoms with Crippen molar-refractivity contribution >= 4 is 24.0 Å². The van der Waals surface area contributed by atoms with Crippen molar-refractivity contribution in [3.05, 3.63) is 71.6 Å². The number of nitrogens with one attached hydrogen (secondary N) is 5. The number of hydrogen-bond acceptors (Lipinski definition) is 9. The lowest BCUT2D eigenvalue weighted by atomic mass is 9.96. The van der Waals surface area contributed by atoms with Crippen molar-refractivity contribution < 1.29 is 33.4 Å². The summed E-state index contributed by atoms with van der Waals surface area (Å²) in [5, 5.41) is 8.58. The minimum Gasteiger partial charge on any atom is -0.457 e. The first-order valence-corrected chi connectivity index (χ1v) is 21.6. The molecule has 4 aliphatic rings. The van der Waals surface area contributed by atoms with E-state index >= 15 is 0 Å². The lowest BCUT2D eigenvalue weighted by Crippen LogP contribution is -2.51. The van der Waals surface area contributed by atoms with Gasteiger partial charge < -0.3 is 45.0 Å². The molecular weight excluding hydrogens is 765 g/mol. The normalized spacial score (nSPS) is 18.6. The summed E-state index contributed by atoms with van der Waals surface area (Å²) in [6.45, 7) is 1.14. The summed E-state index contributed by atoms with van der Waals surface area (Å²) >= 11 is 0. The smallest absolute Gasteiger partial charge is 0.407 e. The number of methoxy groups -OCH3 is 2. The minimum absolute atomic E-state index is 0.0657. The second-order valence-corrected chi connectivity index (χ2v) is 16.6. The molecule has 2 aliphatic carbocycles. The van der Waals surface area contributed by atoms with E-state index < -0.39 is 24.3 Å². The van der Waals surface area contributed by atoms with Gasteiger partial charge in [0.15, 0.2) is 0 Å². The van der Waals surface area contributed by atoms with Gasteiger partial charge in [0.25, 0.3) is 0 Å². The van der Waals surface area contributed by atoms with Gasteiger partial charge in [-0.1, -0.05) is 37.8 Å². The molecule has 0 unspecified atom stereocenters. The largest absolute Gasteiger partial charge is 0.457 e. The number of aromatic amines is 2. The Hall–Kier alpha value is -5.86. The van der Waals surface area contributed by atoms with Gasteiger partial charge in [-0.25, -0.2) is 19.6 Å². The van der Waals surface area contributed by atoms with Crippen LogP contribution in [0.1, 0.15) is 106 Å². The van der Waals surface area contributed by atoms with Gasteiger partial charge in [0.2, 0.25) is 11.8 Å².